The van der Waals surface area contributed by atoms with Gasteiger partial charge in [0.2, 0.25) is 15.9 Å². The fourth-order valence-corrected chi connectivity index (χ4v) is 5.26. The highest BCUT2D eigenvalue weighted by atomic mass is 32.2. The largest absolute Gasteiger partial charge is 0.490 e. The molecule has 0 spiro atoms. The topological polar surface area (TPSA) is 97.4 Å². The van der Waals surface area contributed by atoms with Crippen LogP contribution in [-0.2, 0) is 16.4 Å². The van der Waals surface area contributed by atoms with E-state index in [2.05, 4.69) is 15.0 Å². The van der Waals surface area contributed by atoms with Crippen LogP contribution in [0, 0.1) is 12.7 Å². The van der Waals surface area contributed by atoms with Gasteiger partial charge in [-0.2, -0.15) is 4.98 Å². The monoisotopic (exact) mass is 510 g/mol. The van der Waals surface area contributed by atoms with E-state index in [1.165, 1.54) is 10.6 Å². The number of hydrogen-bond acceptors (Lipinski definition) is 6. The highest BCUT2D eigenvalue weighted by Crippen LogP contribution is 2.30. The highest BCUT2D eigenvalue weighted by molar-refractivity contribution is 7.88. The third-order valence-electron chi connectivity index (χ3n) is 6.16. The molecule has 4 aromatic rings. The predicted octanol–water partition coefficient (Wildman–Crippen LogP) is 4.59. The van der Waals surface area contributed by atoms with Gasteiger partial charge in [-0.05, 0) is 55.7 Å². The van der Waals surface area contributed by atoms with Crippen LogP contribution >= 0.6 is 0 Å². The number of benzene rings is 2. The number of ether oxygens (including phenoxy) is 2. The molecule has 0 atom stereocenters. The van der Waals surface area contributed by atoms with Crippen molar-refractivity contribution in [3.05, 3.63) is 77.6 Å². The molecule has 0 bridgehead atoms. The molecule has 0 aliphatic carbocycles. The van der Waals surface area contributed by atoms with E-state index in [1.807, 2.05) is 31.2 Å². The van der Waals surface area contributed by atoms with Crippen LogP contribution in [0.25, 0.3) is 10.9 Å². The van der Waals surface area contributed by atoms with Crippen LogP contribution in [0.5, 0.6) is 17.4 Å². The highest BCUT2D eigenvalue weighted by Gasteiger charge is 2.26. The van der Waals surface area contributed by atoms with E-state index in [9.17, 15) is 12.8 Å². The molecule has 1 saturated heterocycles. The van der Waals surface area contributed by atoms with E-state index in [0.29, 0.717) is 49.1 Å². The van der Waals surface area contributed by atoms with Crippen molar-refractivity contribution in [1.29, 1.82) is 0 Å². The van der Waals surface area contributed by atoms with E-state index in [-0.39, 0.29) is 17.7 Å². The Hall–Kier alpha value is -3.50. The van der Waals surface area contributed by atoms with Crippen molar-refractivity contribution in [3.8, 4) is 17.4 Å². The number of hydrogen-bond donors (Lipinski definition) is 1. The number of fused-ring (bicyclic) bond motifs is 1. The average molecular weight is 511 g/mol. The number of aromatic amines is 1. The van der Waals surface area contributed by atoms with Gasteiger partial charge in [0.1, 0.15) is 17.7 Å². The smallest absolute Gasteiger partial charge is 0.222 e. The predicted molar refractivity (Wildman–Crippen MR) is 134 cm³/mol. The summed E-state index contributed by atoms with van der Waals surface area (Å²) < 4.78 is 51.7. The van der Waals surface area contributed by atoms with Gasteiger partial charge in [-0.15, -0.1) is 0 Å². The molecular weight excluding hydrogens is 483 g/mol. The van der Waals surface area contributed by atoms with Gasteiger partial charge in [0.05, 0.1) is 6.26 Å². The summed E-state index contributed by atoms with van der Waals surface area (Å²) in [5.74, 6) is 1.17. The third-order valence-corrected chi connectivity index (χ3v) is 7.47. The molecule has 188 valence electrons. The molecular formula is C26H27FN4O4S. The van der Waals surface area contributed by atoms with E-state index < -0.39 is 15.8 Å². The maximum Gasteiger partial charge on any atom is 0.222 e. The second-order valence-corrected chi connectivity index (χ2v) is 11.0. The molecule has 0 amide bonds. The number of nitrogens with one attached hydrogen (secondary N) is 1. The fraction of sp³-hybridized carbons (Fsp3) is 0.308. The van der Waals surface area contributed by atoms with Gasteiger partial charge >= 0.3 is 0 Å². The molecule has 2 aromatic heterocycles. The molecule has 1 aliphatic rings. The van der Waals surface area contributed by atoms with Gasteiger partial charge in [0.25, 0.3) is 0 Å². The summed E-state index contributed by atoms with van der Waals surface area (Å²) in [5, 5.41) is 0.470. The fourth-order valence-electron chi connectivity index (χ4n) is 4.39. The van der Waals surface area contributed by atoms with Crippen LogP contribution in [0.4, 0.5) is 4.39 Å². The van der Waals surface area contributed by atoms with E-state index in [0.717, 1.165) is 17.0 Å². The van der Waals surface area contributed by atoms with Crippen LogP contribution in [0.2, 0.25) is 0 Å². The SMILES string of the molecule is Cc1cc2c(F)c(Oc3ccnc(Cc4cccc(OC5CCN(S(C)(=O)=O)CC5)c4)n3)ccc2[nH]1. The second-order valence-electron chi connectivity index (χ2n) is 9.01. The van der Waals surface area contributed by atoms with Crippen LogP contribution in [-0.4, -0.2) is 53.1 Å². The van der Waals surface area contributed by atoms with Crippen molar-refractivity contribution >= 4 is 20.9 Å². The Kier molecular flexibility index (Phi) is 6.63. The Bertz CT molecular complexity index is 1500. The summed E-state index contributed by atoms with van der Waals surface area (Å²) in [6, 6.07) is 14.4. The molecule has 0 radical (unpaired) electrons. The van der Waals surface area contributed by atoms with Crippen molar-refractivity contribution in [1.82, 2.24) is 19.3 Å². The molecule has 8 nitrogen and oxygen atoms in total. The van der Waals surface area contributed by atoms with Gasteiger partial charge in [-0.3, -0.25) is 0 Å². The first-order valence-corrected chi connectivity index (χ1v) is 13.6. The molecule has 1 N–H and O–H groups in total. The van der Waals surface area contributed by atoms with Crippen molar-refractivity contribution in [2.75, 3.05) is 19.3 Å². The minimum atomic E-state index is -3.17. The number of nitrogens with zero attached hydrogens (tertiary/aromatic N) is 3. The Morgan fingerprint density at radius 1 is 1.14 bits per heavy atom. The molecule has 1 aliphatic heterocycles. The van der Waals surface area contributed by atoms with Crippen LogP contribution in [0.1, 0.15) is 29.9 Å². The second kappa shape index (κ2) is 9.87. The summed E-state index contributed by atoms with van der Waals surface area (Å²) in [6.07, 6.45) is 4.51. The Balaban J connectivity index is 1.25. The molecule has 36 heavy (non-hydrogen) atoms. The van der Waals surface area contributed by atoms with E-state index >= 15 is 0 Å². The summed E-state index contributed by atoms with van der Waals surface area (Å²) in [4.78, 5) is 11.9. The van der Waals surface area contributed by atoms with Crippen molar-refractivity contribution < 1.29 is 22.3 Å². The Labute approximate surface area is 209 Å². The lowest BCUT2D eigenvalue weighted by Gasteiger charge is -2.30. The number of aryl methyl sites for hydroxylation is 1. The molecule has 0 unspecified atom stereocenters. The first kappa shape index (κ1) is 24.2. The van der Waals surface area contributed by atoms with Crippen LogP contribution < -0.4 is 9.47 Å². The number of halogens is 1. The van der Waals surface area contributed by atoms with Crippen LogP contribution in [0.3, 0.4) is 0 Å². The molecule has 3 heterocycles. The third kappa shape index (κ3) is 5.50. The number of H-pyrrole nitrogens is 1. The molecule has 1 fully saturated rings. The first-order chi connectivity index (χ1) is 17.2. The zero-order valence-electron chi connectivity index (χ0n) is 20.1. The molecule has 0 saturated carbocycles. The minimum Gasteiger partial charge on any atom is -0.490 e. The van der Waals surface area contributed by atoms with Crippen molar-refractivity contribution in [3.63, 3.8) is 0 Å². The Morgan fingerprint density at radius 3 is 2.72 bits per heavy atom. The van der Waals surface area contributed by atoms with Gasteiger partial charge in [-0.1, -0.05) is 12.1 Å². The molecule has 5 rings (SSSR count). The summed E-state index contributed by atoms with van der Waals surface area (Å²) in [6.45, 7) is 2.79. The first-order valence-electron chi connectivity index (χ1n) is 11.7. The van der Waals surface area contributed by atoms with Crippen molar-refractivity contribution in [2.24, 2.45) is 0 Å². The van der Waals surface area contributed by atoms with Crippen molar-refractivity contribution in [2.45, 2.75) is 32.3 Å². The summed E-state index contributed by atoms with van der Waals surface area (Å²) in [5.41, 5.74) is 2.54. The zero-order valence-corrected chi connectivity index (χ0v) is 20.9. The zero-order chi connectivity index (χ0) is 25.3. The average Bonchev–Trinajstić information content (AvgIpc) is 3.22. The quantitative estimate of drug-likeness (QED) is 0.391. The molecule has 2 aromatic carbocycles. The standard InChI is InChI=1S/C26H27FN4O4S/c1-17-14-21-22(29-17)6-7-23(26(21)27)35-25-8-11-28-24(30-25)16-18-4-3-5-20(15-18)34-19-9-12-31(13-10-19)36(2,32)33/h3-8,11,14-15,19,29H,9-10,12-13,16H2,1-2H3. The summed E-state index contributed by atoms with van der Waals surface area (Å²) >= 11 is 0. The summed E-state index contributed by atoms with van der Waals surface area (Å²) in [7, 11) is -3.17. The maximum atomic E-state index is 14.9. The normalized spacial score (nSPS) is 15.3. The minimum absolute atomic E-state index is 0.0396. The number of aromatic nitrogens is 3. The van der Waals surface area contributed by atoms with Crippen LogP contribution in [0.15, 0.2) is 54.7 Å². The van der Waals surface area contributed by atoms with Gasteiger partial charge in [0, 0.05) is 48.4 Å². The maximum absolute atomic E-state index is 14.9. The number of rotatable bonds is 7. The van der Waals surface area contributed by atoms with Gasteiger partial charge < -0.3 is 14.5 Å². The van der Waals surface area contributed by atoms with Gasteiger partial charge in [-0.25, -0.2) is 22.1 Å². The lowest BCUT2D eigenvalue weighted by molar-refractivity contribution is 0.135. The van der Waals surface area contributed by atoms with E-state index in [4.69, 9.17) is 9.47 Å². The van der Waals surface area contributed by atoms with Gasteiger partial charge in [0.15, 0.2) is 11.6 Å². The number of piperidine rings is 1. The lowest BCUT2D eigenvalue weighted by atomic mass is 10.1. The number of sulfonamides is 1. The Morgan fingerprint density at radius 2 is 1.94 bits per heavy atom. The lowest BCUT2D eigenvalue weighted by Crippen LogP contribution is -2.41. The van der Waals surface area contributed by atoms with E-state index in [1.54, 1.807) is 30.5 Å². The molecule has 10 heteroatoms.